The van der Waals surface area contributed by atoms with Crippen molar-refractivity contribution in [3.8, 4) is 11.5 Å². The molecule has 4 atom stereocenters. The molecule has 0 radical (unpaired) electrons. The first-order chi connectivity index (χ1) is 21.8. The minimum atomic E-state index is -0.576. The number of hydrogen-bond acceptors (Lipinski definition) is 8. The summed E-state index contributed by atoms with van der Waals surface area (Å²) in [4.78, 5) is 36.4. The fourth-order valence-electron chi connectivity index (χ4n) is 5.78. The Labute approximate surface area is 270 Å². The van der Waals surface area contributed by atoms with Gasteiger partial charge in [0.05, 0.1) is 19.3 Å². The molecule has 1 saturated carbocycles. The minimum absolute atomic E-state index is 0.0651. The van der Waals surface area contributed by atoms with Gasteiger partial charge in [0.25, 0.3) is 0 Å². The second kappa shape index (κ2) is 22.5. The molecule has 1 fully saturated rings. The Balaban J connectivity index is 1.71. The zero-order chi connectivity index (χ0) is 32.9. The second-order valence-corrected chi connectivity index (χ2v) is 12.1. The van der Waals surface area contributed by atoms with Crippen molar-refractivity contribution in [2.45, 2.75) is 129 Å². The third kappa shape index (κ3) is 15.2. The van der Waals surface area contributed by atoms with E-state index in [9.17, 15) is 24.6 Å². The molecule has 252 valence electrons. The number of ketones is 1. The highest BCUT2D eigenvalue weighted by molar-refractivity contribution is 5.78. The predicted molar refractivity (Wildman–Crippen MR) is 177 cm³/mol. The summed E-state index contributed by atoms with van der Waals surface area (Å²) in [7, 11) is 1.51. The average Bonchev–Trinajstić information content (AvgIpc) is 3.30. The summed E-state index contributed by atoms with van der Waals surface area (Å²) in [5.41, 5.74) is 0.827. The van der Waals surface area contributed by atoms with Gasteiger partial charge in [-0.25, -0.2) is 0 Å². The first-order valence-electron chi connectivity index (χ1n) is 17.0. The number of ether oxygens (including phenoxy) is 3. The van der Waals surface area contributed by atoms with Crippen LogP contribution in [-0.4, -0.2) is 53.9 Å². The second-order valence-electron chi connectivity index (χ2n) is 12.1. The van der Waals surface area contributed by atoms with Gasteiger partial charge in [-0.15, -0.1) is 0 Å². The Morgan fingerprint density at radius 3 is 2.29 bits per heavy atom. The van der Waals surface area contributed by atoms with Crippen LogP contribution in [0.15, 0.2) is 36.4 Å². The molecule has 8 heteroatoms. The van der Waals surface area contributed by atoms with Gasteiger partial charge in [0.2, 0.25) is 0 Å². The van der Waals surface area contributed by atoms with Crippen LogP contribution in [0.1, 0.15) is 122 Å². The largest absolute Gasteiger partial charge is 0.493 e. The Morgan fingerprint density at radius 1 is 0.800 bits per heavy atom. The maximum absolute atomic E-state index is 12.5. The zero-order valence-corrected chi connectivity index (χ0v) is 27.7. The molecule has 0 bridgehead atoms. The molecule has 45 heavy (non-hydrogen) atoms. The van der Waals surface area contributed by atoms with Crippen molar-refractivity contribution in [1.29, 1.82) is 0 Å². The molecule has 1 aliphatic carbocycles. The van der Waals surface area contributed by atoms with Gasteiger partial charge in [-0.2, -0.15) is 0 Å². The van der Waals surface area contributed by atoms with Crippen molar-refractivity contribution in [1.82, 2.24) is 0 Å². The van der Waals surface area contributed by atoms with Crippen molar-refractivity contribution in [2.75, 3.05) is 13.7 Å². The van der Waals surface area contributed by atoms with Gasteiger partial charge in [0, 0.05) is 25.7 Å². The van der Waals surface area contributed by atoms with E-state index in [-0.39, 0.29) is 42.6 Å². The number of Topliss-reactive ketones (excluding diaryl/α,β-unsaturated/α-hetero) is 1. The molecule has 0 saturated heterocycles. The third-order valence-electron chi connectivity index (χ3n) is 8.46. The van der Waals surface area contributed by atoms with E-state index in [1.165, 1.54) is 26.4 Å². The van der Waals surface area contributed by atoms with Crippen molar-refractivity contribution < 1.29 is 38.8 Å². The van der Waals surface area contributed by atoms with Crippen molar-refractivity contribution in [3.63, 3.8) is 0 Å². The molecule has 0 aromatic heterocycles. The van der Waals surface area contributed by atoms with Crippen LogP contribution in [0.2, 0.25) is 0 Å². The van der Waals surface area contributed by atoms with Crippen LogP contribution in [0, 0.1) is 11.8 Å². The Kier molecular flexibility index (Phi) is 19.1. The van der Waals surface area contributed by atoms with Gasteiger partial charge in [0.1, 0.15) is 12.4 Å². The van der Waals surface area contributed by atoms with Crippen LogP contribution in [0.3, 0.4) is 0 Å². The first kappa shape index (κ1) is 38.2. The van der Waals surface area contributed by atoms with Gasteiger partial charge in [-0.1, -0.05) is 70.2 Å². The monoisotopic (exact) mass is 628 g/mol. The molecule has 1 aliphatic rings. The molecule has 2 N–H and O–H groups in total. The Hall–Kier alpha value is -2.97. The smallest absolute Gasteiger partial charge is 0.311 e. The van der Waals surface area contributed by atoms with Crippen LogP contribution in [-0.2, 0) is 19.1 Å². The van der Waals surface area contributed by atoms with E-state index in [0.717, 1.165) is 31.2 Å². The number of carbonyl (C=O) groups is 3. The van der Waals surface area contributed by atoms with Crippen LogP contribution in [0.4, 0.5) is 0 Å². The van der Waals surface area contributed by atoms with Gasteiger partial charge in [-0.05, 0) is 80.6 Å². The number of hydrogen-bond donors (Lipinski definition) is 2. The van der Waals surface area contributed by atoms with Crippen molar-refractivity contribution in [2.24, 2.45) is 11.8 Å². The number of rotatable bonds is 23. The average molecular weight is 629 g/mol. The van der Waals surface area contributed by atoms with Crippen LogP contribution in [0.25, 0.3) is 6.08 Å². The van der Waals surface area contributed by atoms with E-state index in [4.69, 9.17) is 14.2 Å². The van der Waals surface area contributed by atoms with Gasteiger partial charge in [0.15, 0.2) is 11.5 Å². The van der Waals surface area contributed by atoms with E-state index in [1.807, 2.05) is 25.2 Å². The van der Waals surface area contributed by atoms with Gasteiger partial charge >= 0.3 is 11.9 Å². The minimum Gasteiger partial charge on any atom is -0.493 e. The van der Waals surface area contributed by atoms with E-state index in [1.54, 1.807) is 24.3 Å². The molecule has 1 aromatic rings. The number of carbonyl (C=O) groups excluding carboxylic acids is 3. The fraction of sp³-hybridized carbons (Fsp3) is 0.649. The maximum Gasteiger partial charge on any atom is 0.311 e. The van der Waals surface area contributed by atoms with Gasteiger partial charge in [-0.3, -0.25) is 14.4 Å². The molecular formula is C37H56O8. The van der Waals surface area contributed by atoms with E-state index in [0.29, 0.717) is 62.9 Å². The summed E-state index contributed by atoms with van der Waals surface area (Å²) in [6, 6.07) is 5.24. The highest BCUT2D eigenvalue weighted by Gasteiger charge is 2.40. The van der Waals surface area contributed by atoms with Crippen molar-refractivity contribution >= 4 is 23.8 Å². The summed E-state index contributed by atoms with van der Waals surface area (Å²) < 4.78 is 16.1. The highest BCUT2D eigenvalue weighted by atomic mass is 16.6. The Bertz CT molecular complexity index is 1080. The van der Waals surface area contributed by atoms with Crippen LogP contribution in [0.5, 0.6) is 11.5 Å². The molecule has 0 aliphatic heterocycles. The number of unbranched alkanes of at least 4 members (excludes halogenated alkanes) is 6. The number of allylic oxidation sites excluding steroid dienone is 2. The number of esters is 2. The molecule has 0 amide bonds. The lowest BCUT2D eigenvalue weighted by Gasteiger charge is -2.22. The molecule has 2 rings (SSSR count). The fourth-order valence-corrected chi connectivity index (χ4v) is 5.78. The zero-order valence-electron chi connectivity index (χ0n) is 27.7. The molecule has 0 unspecified atom stereocenters. The van der Waals surface area contributed by atoms with Crippen LogP contribution >= 0.6 is 0 Å². The lowest BCUT2D eigenvalue weighted by atomic mass is 9.86. The molecular weight excluding hydrogens is 572 g/mol. The lowest BCUT2D eigenvalue weighted by Crippen LogP contribution is -2.22. The summed E-state index contributed by atoms with van der Waals surface area (Å²) in [6.07, 6.45) is 18.5. The topological polar surface area (TPSA) is 119 Å². The molecule has 0 spiro atoms. The number of aliphatic hydroxyl groups is 2. The maximum atomic E-state index is 12.5. The molecule has 1 aromatic carbocycles. The first-order valence-corrected chi connectivity index (χ1v) is 17.0. The number of aliphatic hydroxyl groups excluding tert-OH is 2. The summed E-state index contributed by atoms with van der Waals surface area (Å²) in [5.74, 6) is 0.332. The summed E-state index contributed by atoms with van der Waals surface area (Å²) in [5, 5.41) is 21.0. The van der Waals surface area contributed by atoms with E-state index < -0.39 is 12.2 Å². The normalized spacial score (nSPS) is 19.8. The third-order valence-corrected chi connectivity index (χ3v) is 8.46. The van der Waals surface area contributed by atoms with Crippen LogP contribution < -0.4 is 9.47 Å². The number of methoxy groups -OCH3 is 1. The number of benzene rings is 1. The summed E-state index contributed by atoms with van der Waals surface area (Å²) >= 11 is 0. The SMILES string of the molecule is CCCCCCCC(=O)CC[C@@H]1[C@@H](C/C=C\CCCC(=O)Oc2ccc(/C=C/COC(=O)CCCC)cc2OC)[C@@H](O)C[C@H]1O. The van der Waals surface area contributed by atoms with E-state index >= 15 is 0 Å². The van der Waals surface area contributed by atoms with Crippen molar-refractivity contribution in [3.05, 3.63) is 42.0 Å². The highest BCUT2D eigenvalue weighted by Crippen LogP contribution is 2.38. The lowest BCUT2D eigenvalue weighted by molar-refractivity contribution is -0.142. The molecule has 0 heterocycles. The standard InChI is InChI=1S/C37H56O8/c1-4-6-8-9-12-17-29(38)22-23-31-30(32(39)27-33(31)40)18-13-10-11-14-20-37(42)45-34-24-21-28(26-35(34)43-3)16-15-25-44-36(41)19-7-5-2/h10,13,15-16,21,24,26,30-33,39-40H,4-9,11-12,14,17-20,22-23,25,27H2,1-3H3/b13-10-,16-15+/t30-,31-,32+,33-/m1/s1. The molecule has 8 nitrogen and oxygen atoms in total. The van der Waals surface area contributed by atoms with Gasteiger partial charge < -0.3 is 24.4 Å². The van der Waals surface area contributed by atoms with E-state index in [2.05, 4.69) is 6.92 Å². The predicted octanol–water partition coefficient (Wildman–Crippen LogP) is 7.53. The summed E-state index contributed by atoms with van der Waals surface area (Å²) in [6.45, 7) is 4.40. The Morgan fingerprint density at radius 2 is 1.53 bits per heavy atom. The quantitative estimate of drug-likeness (QED) is 0.0552.